The molecule has 0 spiro atoms. The number of amides is 1. The standard InChI is InChI=1S/C21H17ClFN5O2/c22-7-19(29)27-11-15(12-27)26-20-16(8-24)21(30)28(18-5-6-25-9-17(18)20)10-13-1-3-14(23)4-2-13/h1-6,9,15,26H,7,10-12H2. The summed E-state index contributed by atoms with van der Waals surface area (Å²) in [5.74, 6) is -0.598. The summed E-state index contributed by atoms with van der Waals surface area (Å²) in [4.78, 5) is 30.5. The number of carbonyl (C=O) groups is 1. The van der Waals surface area contributed by atoms with E-state index in [2.05, 4.69) is 10.3 Å². The molecule has 1 fully saturated rings. The molecule has 7 nitrogen and oxygen atoms in total. The lowest BCUT2D eigenvalue weighted by Crippen LogP contribution is -2.57. The molecule has 1 aromatic carbocycles. The Labute approximate surface area is 176 Å². The Morgan fingerprint density at radius 3 is 2.70 bits per heavy atom. The first-order valence-corrected chi connectivity index (χ1v) is 9.80. The van der Waals surface area contributed by atoms with Crippen molar-refractivity contribution in [3.05, 3.63) is 70.0 Å². The van der Waals surface area contributed by atoms with Gasteiger partial charge in [0.2, 0.25) is 5.91 Å². The third-order valence-electron chi connectivity index (χ3n) is 5.13. The molecule has 1 saturated heterocycles. The summed E-state index contributed by atoms with van der Waals surface area (Å²) < 4.78 is 14.7. The predicted octanol–water partition coefficient (Wildman–Crippen LogP) is 2.32. The first kappa shape index (κ1) is 19.9. The van der Waals surface area contributed by atoms with Crippen molar-refractivity contribution in [1.29, 1.82) is 5.26 Å². The summed E-state index contributed by atoms with van der Waals surface area (Å²) in [6.45, 7) is 1.07. The molecule has 3 aromatic rings. The average Bonchev–Trinajstić information content (AvgIpc) is 2.73. The van der Waals surface area contributed by atoms with Gasteiger partial charge in [0.05, 0.1) is 23.8 Å². The van der Waals surface area contributed by atoms with Gasteiger partial charge in [0.1, 0.15) is 23.3 Å². The summed E-state index contributed by atoms with van der Waals surface area (Å²) >= 11 is 5.58. The summed E-state index contributed by atoms with van der Waals surface area (Å²) in [7, 11) is 0. The van der Waals surface area contributed by atoms with E-state index in [1.165, 1.54) is 16.7 Å². The van der Waals surface area contributed by atoms with Gasteiger partial charge in [-0.3, -0.25) is 14.6 Å². The third-order valence-corrected chi connectivity index (χ3v) is 5.36. The normalized spacial score (nSPS) is 13.7. The van der Waals surface area contributed by atoms with Crippen LogP contribution in [0.3, 0.4) is 0 Å². The SMILES string of the molecule is N#Cc1c(NC2CN(C(=O)CCl)C2)c2cnccc2n(Cc2ccc(F)cc2)c1=O. The molecule has 30 heavy (non-hydrogen) atoms. The molecule has 1 N–H and O–H groups in total. The second kappa shape index (κ2) is 8.13. The lowest BCUT2D eigenvalue weighted by Gasteiger charge is -2.40. The fourth-order valence-electron chi connectivity index (χ4n) is 3.55. The van der Waals surface area contributed by atoms with Gasteiger partial charge in [0, 0.05) is 30.9 Å². The molecule has 0 aliphatic carbocycles. The average molecular weight is 426 g/mol. The van der Waals surface area contributed by atoms with Crippen molar-refractivity contribution in [3.63, 3.8) is 0 Å². The maximum absolute atomic E-state index is 13.2. The van der Waals surface area contributed by atoms with E-state index in [4.69, 9.17) is 11.6 Å². The van der Waals surface area contributed by atoms with Crippen LogP contribution in [0.15, 0.2) is 47.5 Å². The van der Waals surface area contributed by atoms with E-state index in [0.717, 1.165) is 5.56 Å². The van der Waals surface area contributed by atoms with Crippen molar-refractivity contribution in [1.82, 2.24) is 14.5 Å². The Morgan fingerprint density at radius 1 is 1.30 bits per heavy atom. The van der Waals surface area contributed by atoms with Crippen LogP contribution in [0.25, 0.3) is 10.9 Å². The molecule has 0 bridgehead atoms. The Morgan fingerprint density at radius 2 is 2.03 bits per heavy atom. The van der Waals surface area contributed by atoms with Crippen LogP contribution in [-0.2, 0) is 11.3 Å². The number of halogens is 2. The Hall–Kier alpha value is -3.44. The zero-order valence-corrected chi connectivity index (χ0v) is 16.6. The number of pyridine rings is 2. The molecule has 1 aliphatic heterocycles. The summed E-state index contributed by atoms with van der Waals surface area (Å²) in [6, 6.07) is 9.47. The van der Waals surface area contributed by atoms with Gasteiger partial charge in [-0.2, -0.15) is 5.26 Å². The zero-order chi connectivity index (χ0) is 21.3. The first-order chi connectivity index (χ1) is 14.5. The van der Waals surface area contributed by atoms with E-state index < -0.39 is 5.56 Å². The molecule has 0 unspecified atom stereocenters. The summed E-state index contributed by atoms with van der Waals surface area (Å²) in [6.07, 6.45) is 3.17. The van der Waals surface area contributed by atoms with Gasteiger partial charge >= 0.3 is 0 Å². The van der Waals surface area contributed by atoms with Crippen LogP contribution in [0.1, 0.15) is 11.1 Å². The van der Waals surface area contributed by atoms with Gasteiger partial charge in [0.15, 0.2) is 0 Å². The van der Waals surface area contributed by atoms with E-state index in [1.54, 1.807) is 35.5 Å². The number of likely N-dealkylation sites (tertiary alicyclic amines) is 1. The third kappa shape index (κ3) is 3.60. The smallest absolute Gasteiger partial charge is 0.271 e. The van der Waals surface area contributed by atoms with E-state index in [0.29, 0.717) is 29.7 Å². The fourth-order valence-corrected chi connectivity index (χ4v) is 3.72. The Kier molecular flexibility index (Phi) is 5.38. The van der Waals surface area contributed by atoms with Gasteiger partial charge in [-0.25, -0.2) is 4.39 Å². The topological polar surface area (TPSA) is 91.0 Å². The fraction of sp³-hybridized carbons (Fsp3) is 0.238. The molecule has 1 amide bonds. The monoisotopic (exact) mass is 425 g/mol. The van der Waals surface area contributed by atoms with E-state index >= 15 is 0 Å². The van der Waals surface area contributed by atoms with Gasteiger partial charge in [-0.1, -0.05) is 12.1 Å². The van der Waals surface area contributed by atoms with Crippen LogP contribution in [0.5, 0.6) is 0 Å². The second-order valence-corrected chi connectivity index (χ2v) is 7.31. The number of nitrogens with zero attached hydrogens (tertiary/aromatic N) is 4. The van der Waals surface area contributed by atoms with Crippen LogP contribution in [0.4, 0.5) is 10.1 Å². The highest BCUT2D eigenvalue weighted by molar-refractivity contribution is 6.27. The maximum atomic E-state index is 13.2. The molecule has 3 heterocycles. The summed E-state index contributed by atoms with van der Waals surface area (Å²) in [5.41, 5.74) is 1.27. The minimum absolute atomic E-state index is 0.0280. The summed E-state index contributed by atoms with van der Waals surface area (Å²) in [5, 5.41) is 13.6. The number of benzene rings is 1. The second-order valence-electron chi connectivity index (χ2n) is 7.05. The maximum Gasteiger partial charge on any atom is 0.271 e. The minimum atomic E-state index is -0.448. The Balaban J connectivity index is 1.74. The van der Waals surface area contributed by atoms with Gasteiger partial charge in [0.25, 0.3) is 5.56 Å². The largest absolute Gasteiger partial charge is 0.377 e. The molecule has 0 radical (unpaired) electrons. The number of nitrogens with one attached hydrogen (secondary N) is 1. The zero-order valence-electron chi connectivity index (χ0n) is 15.8. The van der Waals surface area contributed by atoms with Crippen LogP contribution in [-0.4, -0.2) is 45.4 Å². The molecule has 9 heteroatoms. The van der Waals surface area contributed by atoms with Crippen molar-refractivity contribution in [2.75, 3.05) is 24.3 Å². The van der Waals surface area contributed by atoms with Crippen molar-refractivity contribution >= 4 is 34.1 Å². The molecule has 4 rings (SSSR count). The number of nitriles is 1. The van der Waals surface area contributed by atoms with E-state index in [1.807, 2.05) is 6.07 Å². The van der Waals surface area contributed by atoms with Crippen LogP contribution >= 0.6 is 11.6 Å². The molecular formula is C21H17ClFN5O2. The van der Waals surface area contributed by atoms with Gasteiger partial charge < -0.3 is 14.8 Å². The van der Waals surface area contributed by atoms with E-state index in [9.17, 15) is 19.2 Å². The number of rotatable bonds is 5. The highest BCUT2D eigenvalue weighted by atomic mass is 35.5. The number of hydrogen-bond acceptors (Lipinski definition) is 5. The predicted molar refractivity (Wildman–Crippen MR) is 111 cm³/mol. The quantitative estimate of drug-likeness (QED) is 0.633. The molecule has 152 valence electrons. The lowest BCUT2D eigenvalue weighted by atomic mass is 10.1. The number of fused-ring (bicyclic) bond motifs is 1. The lowest BCUT2D eigenvalue weighted by molar-refractivity contribution is -0.132. The van der Waals surface area contributed by atoms with Crippen LogP contribution in [0, 0.1) is 17.1 Å². The van der Waals surface area contributed by atoms with Crippen molar-refractivity contribution in [2.45, 2.75) is 12.6 Å². The van der Waals surface area contributed by atoms with Crippen LogP contribution < -0.4 is 10.9 Å². The van der Waals surface area contributed by atoms with Crippen molar-refractivity contribution < 1.29 is 9.18 Å². The molecule has 1 aliphatic rings. The number of carbonyl (C=O) groups excluding carboxylic acids is 1. The molecule has 0 atom stereocenters. The first-order valence-electron chi connectivity index (χ1n) is 9.27. The molecule has 2 aromatic heterocycles. The van der Waals surface area contributed by atoms with E-state index in [-0.39, 0.29) is 35.8 Å². The highest BCUT2D eigenvalue weighted by Crippen LogP contribution is 2.27. The number of hydrogen-bond donors (Lipinski definition) is 1. The molecule has 0 saturated carbocycles. The van der Waals surface area contributed by atoms with Crippen molar-refractivity contribution in [2.24, 2.45) is 0 Å². The molecular weight excluding hydrogens is 409 g/mol. The Bertz CT molecular complexity index is 1210. The van der Waals surface area contributed by atoms with Gasteiger partial charge in [-0.05, 0) is 23.8 Å². The van der Waals surface area contributed by atoms with Crippen LogP contribution in [0.2, 0.25) is 0 Å². The minimum Gasteiger partial charge on any atom is -0.377 e. The number of aromatic nitrogens is 2. The number of alkyl halides is 1. The van der Waals surface area contributed by atoms with Gasteiger partial charge in [-0.15, -0.1) is 11.6 Å². The highest BCUT2D eigenvalue weighted by Gasteiger charge is 2.31. The van der Waals surface area contributed by atoms with Crippen molar-refractivity contribution in [3.8, 4) is 6.07 Å². The number of anilines is 1.